The SMILES string of the molecule is OCCN1CCN(C(=S)NCc2ccc(F)cc2)CC1. The van der Waals surface area contributed by atoms with Gasteiger partial charge in [0.05, 0.1) is 6.61 Å². The number of nitrogens with one attached hydrogen (secondary N) is 1. The van der Waals surface area contributed by atoms with Gasteiger partial charge in [-0.25, -0.2) is 4.39 Å². The van der Waals surface area contributed by atoms with Crippen LogP contribution in [0.5, 0.6) is 0 Å². The van der Waals surface area contributed by atoms with Crippen molar-refractivity contribution in [2.75, 3.05) is 39.3 Å². The van der Waals surface area contributed by atoms with Crippen LogP contribution in [0.3, 0.4) is 0 Å². The quantitative estimate of drug-likeness (QED) is 0.805. The lowest BCUT2D eigenvalue weighted by Gasteiger charge is -2.35. The van der Waals surface area contributed by atoms with Crippen LogP contribution in [0.4, 0.5) is 4.39 Å². The highest BCUT2D eigenvalue weighted by Gasteiger charge is 2.17. The van der Waals surface area contributed by atoms with E-state index in [2.05, 4.69) is 15.1 Å². The van der Waals surface area contributed by atoms with Crippen LogP contribution < -0.4 is 5.32 Å². The molecule has 0 amide bonds. The molecular weight excluding hydrogens is 277 g/mol. The van der Waals surface area contributed by atoms with Gasteiger partial charge in [0, 0.05) is 39.3 Å². The molecule has 0 radical (unpaired) electrons. The summed E-state index contributed by atoms with van der Waals surface area (Å²) in [7, 11) is 0. The van der Waals surface area contributed by atoms with Crippen molar-refractivity contribution in [3.63, 3.8) is 0 Å². The average molecular weight is 297 g/mol. The number of β-amino-alcohol motifs (C(OH)–C–C–N with tert-alkyl or cyclic N) is 1. The predicted molar refractivity (Wildman–Crippen MR) is 80.9 cm³/mol. The fourth-order valence-corrected chi connectivity index (χ4v) is 2.46. The molecule has 0 bridgehead atoms. The number of hydrogen-bond donors (Lipinski definition) is 2. The Morgan fingerprint density at radius 2 is 1.85 bits per heavy atom. The van der Waals surface area contributed by atoms with Crippen LogP contribution >= 0.6 is 12.2 Å². The Morgan fingerprint density at radius 1 is 1.20 bits per heavy atom. The van der Waals surface area contributed by atoms with E-state index < -0.39 is 0 Å². The lowest BCUT2D eigenvalue weighted by atomic mass is 10.2. The average Bonchev–Trinajstić information content (AvgIpc) is 2.47. The Balaban J connectivity index is 1.74. The molecule has 1 saturated heterocycles. The van der Waals surface area contributed by atoms with Crippen molar-refractivity contribution >= 4 is 17.3 Å². The third-order valence-electron chi connectivity index (χ3n) is 3.43. The highest BCUT2D eigenvalue weighted by molar-refractivity contribution is 7.80. The summed E-state index contributed by atoms with van der Waals surface area (Å²) < 4.78 is 12.8. The first-order chi connectivity index (χ1) is 9.69. The number of nitrogens with zero attached hydrogens (tertiary/aromatic N) is 2. The molecule has 1 fully saturated rings. The molecule has 0 aliphatic carbocycles. The monoisotopic (exact) mass is 297 g/mol. The van der Waals surface area contributed by atoms with Gasteiger partial charge in [0.25, 0.3) is 0 Å². The Kier molecular flexibility index (Phi) is 5.70. The van der Waals surface area contributed by atoms with Gasteiger partial charge in [-0.2, -0.15) is 0 Å². The van der Waals surface area contributed by atoms with E-state index >= 15 is 0 Å². The summed E-state index contributed by atoms with van der Waals surface area (Å²) >= 11 is 5.37. The third-order valence-corrected chi connectivity index (χ3v) is 3.84. The molecule has 1 aliphatic rings. The predicted octanol–water partition coefficient (Wildman–Crippen LogP) is 0.810. The summed E-state index contributed by atoms with van der Waals surface area (Å²) in [6.07, 6.45) is 0. The van der Waals surface area contributed by atoms with Crippen molar-refractivity contribution in [3.8, 4) is 0 Å². The third kappa shape index (κ3) is 4.40. The van der Waals surface area contributed by atoms with E-state index in [0.717, 1.165) is 43.4 Å². The molecule has 6 heteroatoms. The highest BCUT2D eigenvalue weighted by atomic mass is 32.1. The summed E-state index contributed by atoms with van der Waals surface area (Å²) in [5.74, 6) is -0.226. The van der Waals surface area contributed by atoms with E-state index in [9.17, 15) is 4.39 Å². The Bertz CT molecular complexity index is 433. The maximum Gasteiger partial charge on any atom is 0.169 e. The summed E-state index contributed by atoms with van der Waals surface area (Å²) in [5, 5.41) is 12.8. The summed E-state index contributed by atoms with van der Waals surface area (Å²) in [6.45, 7) is 5.11. The molecule has 0 spiro atoms. The van der Waals surface area contributed by atoms with Crippen molar-refractivity contribution < 1.29 is 9.50 Å². The topological polar surface area (TPSA) is 38.7 Å². The number of hydrogen-bond acceptors (Lipinski definition) is 3. The van der Waals surface area contributed by atoms with Crippen LogP contribution in [0.25, 0.3) is 0 Å². The number of halogens is 1. The fraction of sp³-hybridized carbons (Fsp3) is 0.500. The number of benzene rings is 1. The van der Waals surface area contributed by atoms with E-state index in [4.69, 9.17) is 17.3 Å². The lowest BCUT2D eigenvalue weighted by molar-refractivity contribution is 0.146. The molecule has 1 aromatic carbocycles. The lowest BCUT2D eigenvalue weighted by Crippen LogP contribution is -2.51. The van der Waals surface area contributed by atoms with Gasteiger partial charge in [-0.3, -0.25) is 4.90 Å². The number of thiocarbonyl (C=S) groups is 1. The Labute approximate surface area is 124 Å². The van der Waals surface area contributed by atoms with Crippen molar-refractivity contribution in [2.24, 2.45) is 0 Å². The van der Waals surface area contributed by atoms with Gasteiger partial charge in [0.2, 0.25) is 0 Å². The van der Waals surface area contributed by atoms with Gasteiger partial charge in [-0.15, -0.1) is 0 Å². The van der Waals surface area contributed by atoms with E-state index in [-0.39, 0.29) is 12.4 Å². The minimum absolute atomic E-state index is 0.202. The molecule has 0 saturated carbocycles. The summed E-state index contributed by atoms with van der Waals surface area (Å²) in [5.41, 5.74) is 1.01. The van der Waals surface area contributed by atoms with Crippen LogP contribution in [0, 0.1) is 5.82 Å². The van der Waals surface area contributed by atoms with Crippen molar-refractivity contribution in [1.82, 2.24) is 15.1 Å². The van der Waals surface area contributed by atoms with Crippen molar-refractivity contribution in [2.45, 2.75) is 6.54 Å². The molecule has 1 heterocycles. The van der Waals surface area contributed by atoms with E-state index in [1.165, 1.54) is 12.1 Å². The number of aliphatic hydroxyl groups is 1. The molecular formula is C14H20FN3OS. The molecule has 0 aromatic heterocycles. The molecule has 2 N–H and O–H groups in total. The maximum absolute atomic E-state index is 12.8. The molecule has 0 atom stereocenters. The summed E-state index contributed by atoms with van der Waals surface area (Å²) in [6, 6.07) is 6.41. The minimum atomic E-state index is -0.226. The maximum atomic E-state index is 12.8. The van der Waals surface area contributed by atoms with Gasteiger partial charge < -0.3 is 15.3 Å². The number of rotatable bonds is 4. The van der Waals surface area contributed by atoms with Gasteiger partial charge in [-0.1, -0.05) is 12.1 Å². The first-order valence-electron chi connectivity index (χ1n) is 6.79. The van der Waals surface area contributed by atoms with Gasteiger partial charge >= 0.3 is 0 Å². The second-order valence-corrected chi connectivity index (χ2v) is 5.22. The highest BCUT2D eigenvalue weighted by Crippen LogP contribution is 2.04. The largest absolute Gasteiger partial charge is 0.395 e. The van der Waals surface area contributed by atoms with Crippen LogP contribution in [-0.4, -0.2) is 59.3 Å². The van der Waals surface area contributed by atoms with E-state index in [1.54, 1.807) is 12.1 Å². The summed E-state index contributed by atoms with van der Waals surface area (Å²) in [4.78, 5) is 4.35. The zero-order valence-corrected chi connectivity index (χ0v) is 12.2. The first-order valence-corrected chi connectivity index (χ1v) is 7.20. The van der Waals surface area contributed by atoms with Crippen LogP contribution in [-0.2, 0) is 6.54 Å². The van der Waals surface area contributed by atoms with Crippen LogP contribution in [0.2, 0.25) is 0 Å². The molecule has 110 valence electrons. The molecule has 20 heavy (non-hydrogen) atoms. The van der Waals surface area contributed by atoms with Gasteiger partial charge in [0.15, 0.2) is 5.11 Å². The molecule has 1 aliphatic heterocycles. The van der Waals surface area contributed by atoms with Crippen LogP contribution in [0.15, 0.2) is 24.3 Å². The Hall–Kier alpha value is -1.24. The molecule has 1 aromatic rings. The standard InChI is InChI=1S/C14H20FN3OS/c15-13-3-1-12(2-4-13)11-16-14(20)18-7-5-17(6-8-18)9-10-19/h1-4,19H,5-11H2,(H,16,20). The first kappa shape index (κ1) is 15.2. The van der Waals surface area contributed by atoms with Gasteiger partial charge in [-0.05, 0) is 29.9 Å². The fourth-order valence-electron chi connectivity index (χ4n) is 2.21. The zero-order valence-electron chi connectivity index (χ0n) is 11.4. The Morgan fingerprint density at radius 3 is 2.45 bits per heavy atom. The van der Waals surface area contributed by atoms with Crippen LogP contribution in [0.1, 0.15) is 5.56 Å². The van der Waals surface area contributed by atoms with E-state index in [1.807, 2.05) is 0 Å². The molecule has 2 rings (SSSR count). The van der Waals surface area contributed by atoms with E-state index in [0.29, 0.717) is 6.54 Å². The van der Waals surface area contributed by atoms with Crippen molar-refractivity contribution in [1.29, 1.82) is 0 Å². The second kappa shape index (κ2) is 7.52. The van der Waals surface area contributed by atoms with Crippen molar-refractivity contribution in [3.05, 3.63) is 35.6 Å². The number of aliphatic hydroxyl groups excluding tert-OH is 1. The smallest absolute Gasteiger partial charge is 0.169 e. The van der Waals surface area contributed by atoms with Gasteiger partial charge in [0.1, 0.15) is 5.82 Å². The molecule has 4 nitrogen and oxygen atoms in total. The normalized spacial score (nSPS) is 16.2. The molecule has 0 unspecified atom stereocenters. The second-order valence-electron chi connectivity index (χ2n) is 4.84. The minimum Gasteiger partial charge on any atom is -0.395 e. The zero-order chi connectivity index (χ0) is 14.4. The number of piperazine rings is 1.